The SMILES string of the molecule is CN1CCN(Cc2ccc(-c3ccc(C(=O)NNc4ncc(F)c(N5CCN(CCO)CC5)n4)c(O)c3Cl)cc2)CC1. The Hall–Kier alpha value is -3.55. The fourth-order valence-electron chi connectivity index (χ4n) is 5.17. The van der Waals surface area contributed by atoms with Gasteiger partial charge in [-0.15, -0.1) is 0 Å². The van der Waals surface area contributed by atoms with Crippen LogP contribution in [-0.4, -0.2) is 113 Å². The molecular weight excluding hydrogens is 563 g/mol. The molecule has 0 unspecified atom stereocenters. The first-order valence-electron chi connectivity index (χ1n) is 14.0. The van der Waals surface area contributed by atoms with Crippen LogP contribution in [0, 0.1) is 5.82 Å². The van der Waals surface area contributed by atoms with Gasteiger partial charge in [0, 0.05) is 71.0 Å². The number of anilines is 2. The molecule has 3 aromatic rings. The summed E-state index contributed by atoms with van der Waals surface area (Å²) in [5.41, 5.74) is 7.63. The number of benzene rings is 2. The Labute approximate surface area is 249 Å². The number of hydrogen-bond donors (Lipinski definition) is 4. The minimum absolute atomic E-state index is 0.00333. The molecule has 2 aliphatic heterocycles. The molecule has 2 aromatic carbocycles. The molecule has 224 valence electrons. The van der Waals surface area contributed by atoms with Gasteiger partial charge in [-0.1, -0.05) is 41.9 Å². The lowest BCUT2D eigenvalue weighted by Crippen LogP contribution is -2.47. The van der Waals surface area contributed by atoms with Crippen molar-refractivity contribution in [3.63, 3.8) is 0 Å². The van der Waals surface area contributed by atoms with E-state index in [1.807, 2.05) is 12.1 Å². The molecule has 5 rings (SSSR count). The maximum atomic E-state index is 14.5. The highest BCUT2D eigenvalue weighted by molar-refractivity contribution is 6.35. The Kier molecular flexibility index (Phi) is 9.70. The van der Waals surface area contributed by atoms with Gasteiger partial charge in [0.15, 0.2) is 11.6 Å². The van der Waals surface area contributed by atoms with Crippen molar-refractivity contribution in [1.82, 2.24) is 30.1 Å². The van der Waals surface area contributed by atoms with E-state index < -0.39 is 11.7 Å². The second-order valence-corrected chi connectivity index (χ2v) is 11.0. The third-order valence-corrected chi connectivity index (χ3v) is 8.11. The number of likely N-dealkylation sites (N-methyl/N-ethyl adjacent to an activating group) is 1. The highest BCUT2D eigenvalue weighted by Gasteiger charge is 2.22. The second kappa shape index (κ2) is 13.6. The van der Waals surface area contributed by atoms with Crippen molar-refractivity contribution in [1.29, 1.82) is 0 Å². The minimum atomic E-state index is -0.657. The van der Waals surface area contributed by atoms with E-state index in [9.17, 15) is 14.3 Å². The topological polar surface area (TPSA) is 120 Å². The van der Waals surface area contributed by atoms with E-state index in [1.54, 1.807) is 11.0 Å². The number of aromatic hydroxyl groups is 1. The van der Waals surface area contributed by atoms with Gasteiger partial charge in [-0.2, -0.15) is 4.98 Å². The largest absolute Gasteiger partial charge is 0.506 e. The molecule has 1 amide bonds. The first kappa shape index (κ1) is 29.9. The number of hydrazine groups is 1. The Morgan fingerprint density at radius 1 is 1.00 bits per heavy atom. The number of halogens is 2. The first-order chi connectivity index (χ1) is 20.3. The highest BCUT2D eigenvalue weighted by Crippen LogP contribution is 2.37. The third kappa shape index (κ3) is 7.08. The van der Waals surface area contributed by atoms with Gasteiger partial charge in [0.05, 0.1) is 23.4 Å². The number of hydrogen-bond acceptors (Lipinski definition) is 10. The van der Waals surface area contributed by atoms with E-state index in [0.29, 0.717) is 38.3 Å². The Bertz CT molecular complexity index is 1380. The summed E-state index contributed by atoms with van der Waals surface area (Å²) in [6, 6.07) is 11.2. The number of carbonyl (C=O) groups excluding carboxylic acids is 1. The quantitative estimate of drug-likeness (QED) is 0.273. The molecule has 0 aliphatic carbocycles. The number of amides is 1. The number of rotatable bonds is 9. The number of piperazine rings is 2. The summed E-state index contributed by atoms with van der Waals surface area (Å²) in [4.78, 5) is 29.6. The molecule has 0 atom stereocenters. The van der Waals surface area contributed by atoms with Gasteiger partial charge >= 0.3 is 0 Å². The van der Waals surface area contributed by atoms with Crippen LogP contribution in [0.5, 0.6) is 5.75 Å². The zero-order valence-electron chi connectivity index (χ0n) is 23.6. The van der Waals surface area contributed by atoms with E-state index in [4.69, 9.17) is 16.7 Å². The molecule has 4 N–H and O–H groups in total. The van der Waals surface area contributed by atoms with Crippen molar-refractivity contribution in [2.24, 2.45) is 0 Å². The maximum Gasteiger partial charge on any atom is 0.273 e. The summed E-state index contributed by atoms with van der Waals surface area (Å²) in [6.45, 7) is 8.12. The summed E-state index contributed by atoms with van der Waals surface area (Å²) in [5, 5.41) is 20.0. The smallest absolute Gasteiger partial charge is 0.273 e. The zero-order chi connectivity index (χ0) is 29.6. The number of phenols is 1. The molecule has 3 heterocycles. The zero-order valence-corrected chi connectivity index (χ0v) is 24.3. The molecule has 2 fully saturated rings. The average molecular weight is 599 g/mol. The lowest BCUT2D eigenvalue weighted by atomic mass is 10.0. The maximum absolute atomic E-state index is 14.5. The molecule has 42 heavy (non-hydrogen) atoms. The van der Waals surface area contributed by atoms with Crippen molar-refractivity contribution in [3.8, 4) is 16.9 Å². The molecule has 1 aromatic heterocycles. The van der Waals surface area contributed by atoms with Crippen LogP contribution < -0.4 is 15.8 Å². The predicted molar refractivity (Wildman–Crippen MR) is 160 cm³/mol. The lowest BCUT2D eigenvalue weighted by molar-refractivity contribution is 0.0959. The number of nitrogens with zero attached hydrogens (tertiary/aromatic N) is 6. The van der Waals surface area contributed by atoms with Gasteiger partial charge < -0.3 is 20.0 Å². The second-order valence-electron chi connectivity index (χ2n) is 10.6. The normalized spacial score (nSPS) is 16.9. The van der Waals surface area contributed by atoms with Gasteiger partial charge in [-0.25, -0.2) is 9.37 Å². The van der Waals surface area contributed by atoms with E-state index >= 15 is 0 Å². The number of β-amino-alcohol motifs (C(OH)–C–C–N with tert-alkyl or cyclic N) is 1. The van der Waals surface area contributed by atoms with Gasteiger partial charge in [0.2, 0.25) is 5.95 Å². The van der Waals surface area contributed by atoms with Gasteiger partial charge in [0.25, 0.3) is 5.91 Å². The van der Waals surface area contributed by atoms with Crippen molar-refractivity contribution >= 4 is 29.3 Å². The summed E-state index contributed by atoms with van der Waals surface area (Å²) in [6.07, 6.45) is 1.04. The molecule has 11 nitrogen and oxygen atoms in total. The number of aliphatic hydroxyl groups excluding tert-OH is 1. The minimum Gasteiger partial charge on any atom is -0.506 e. The van der Waals surface area contributed by atoms with Crippen LogP contribution in [0.2, 0.25) is 5.02 Å². The summed E-state index contributed by atoms with van der Waals surface area (Å²) < 4.78 is 14.5. The Morgan fingerprint density at radius 3 is 2.38 bits per heavy atom. The number of phenolic OH excluding ortho intramolecular Hbond substituents is 1. The molecule has 13 heteroatoms. The molecule has 2 aliphatic rings. The van der Waals surface area contributed by atoms with Crippen LogP contribution in [-0.2, 0) is 6.54 Å². The van der Waals surface area contributed by atoms with E-state index in [0.717, 1.165) is 44.5 Å². The molecule has 0 radical (unpaired) electrons. The van der Waals surface area contributed by atoms with Crippen molar-refractivity contribution < 1.29 is 19.4 Å². The highest BCUT2D eigenvalue weighted by atomic mass is 35.5. The van der Waals surface area contributed by atoms with Crippen LogP contribution >= 0.6 is 11.6 Å². The van der Waals surface area contributed by atoms with Crippen molar-refractivity contribution in [3.05, 3.63) is 64.6 Å². The van der Waals surface area contributed by atoms with Crippen LogP contribution in [0.4, 0.5) is 16.2 Å². The van der Waals surface area contributed by atoms with Crippen LogP contribution in [0.1, 0.15) is 15.9 Å². The first-order valence-corrected chi connectivity index (χ1v) is 14.4. The molecular formula is C29H36ClFN8O3. The fraction of sp³-hybridized carbons (Fsp3) is 0.414. The van der Waals surface area contributed by atoms with Gasteiger partial charge in [-0.3, -0.25) is 25.4 Å². The van der Waals surface area contributed by atoms with Crippen LogP contribution in [0.15, 0.2) is 42.6 Å². The van der Waals surface area contributed by atoms with Crippen LogP contribution in [0.25, 0.3) is 11.1 Å². The van der Waals surface area contributed by atoms with E-state index in [2.05, 4.69) is 54.7 Å². The lowest BCUT2D eigenvalue weighted by Gasteiger charge is -2.35. The van der Waals surface area contributed by atoms with Crippen LogP contribution in [0.3, 0.4) is 0 Å². The number of carbonyl (C=O) groups is 1. The summed E-state index contributed by atoms with van der Waals surface area (Å²) in [5.74, 6) is -1.46. The standard InChI is InChI=1S/C29H36ClFN8O3/c1-36-8-10-38(11-9-36)19-20-2-4-21(5-3-20)22-6-7-23(26(41)25(22)30)28(42)34-35-29-32-18-24(31)27(33-29)39-14-12-37(13-15-39)16-17-40/h2-7,18,40-41H,8-17,19H2,1H3,(H,34,42)(H,32,33,35). The van der Waals surface area contributed by atoms with Gasteiger partial charge in [-0.05, 0) is 24.2 Å². The summed E-state index contributed by atoms with van der Waals surface area (Å²) in [7, 11) is 2.14. The monoisotopic (exact) mass is 598 g/mol. The Morgan fingerprint density at radius 2 is 1.69 bits per heavy atom. The molecule has 2 saturated heterocycles. The van der Waals surface area contributed by atoms with Crippen molar-refractivity contribution in [2.45, 2.75) is 6.54 Å². The van der Waals surface area contributed by atoms with Crippen molar-refractivity contribution in [2.75, 3.05) is 82.9 Å². The molecule has 0 saturated carbocycles. The number of aliphatic hydroxyl groups is 1. The van der Waals surface area contributed by atoms with E-state index in [-0.39, 0.29) is 34.7 Å². The summed E-state index contributed by atoms with van der Waals surface area (Å²) >= 11 is 6.50. The Balaban J connectivity index is 1.20. The predicted octanol–water partition coefficient (Wildman–Crippen LogP) is 2.26. The van der Waals surface area contributed by atoms with Gasteiger partial charge in [0.1, 0.15) is 5.75 Å². The molecule has 0 bridgehead atoms. The van der Waals surface area contributed by atoms with E-state index in [1.165, 1.54) is 11.6 Å². The molecule has 0 spiro atoms. The number of aromatic nitrogens is 2. The fourth-order valence-corrected chi connectivity index (χ4v) is 5.44. The average Bonchev–Trinajstić information content (AvgIpc) is 3.00. The number of nitrogens with one attached hydrogen (secondary N) is 2. The third-order valence-electron chi connectivity index (χ3n) is 7.73.